The van der Waals surface area contributed by atoms with E-state index in [1.54, 1.807) is 0 Å². The van der Waals surface area contributed by atoms with E-state index in [0.717, 1.165) is 22.6 Å². The van der Waals surface area contributed by atoms with Gasteiger partial charge in [-0.3, -0.25) is 4.57 Å². The SMILES string of the molecule is N#C[C@@H](Cc1ccccc1)Sc1nnc(-c2ccccc2)n1-c1ccccc1. The summed E-state index contributed by atoms with van der Waals surface area (Å²) in [6.07, 6.45) is 0.657. The van der Waals surface area contributed by atoms with Gasteiger partial charge in [0.2, 0.25) is 0 Å². The summed E-state index contributed by atoms with van der Waals surface area (Å²) in [4.78, 5) is 0. The molecule has 136 valence electrons. The van der Waals surface area contributed by atoms with Gasteiger partial charge < -0.3 is 0 Å². The summed E-state index contributed by atoms with van der Waals surface area (Å²) in [5.41, 5.74) is 3.10. The van der Waals surface area contributed by atoms with Crippen LogP contribution >= 0.6 is 11.8 Å². The van der Waals surface area contributed by atoms with Crippen LogP contribution in [0.25, 0.3) is 17.1 Å². The Kier molecular flexibility index (Phi) is 5.51. The monoisotopic (exact) mass is 382 g/mol. The zero-order valence-electron chi connectivity index (χ0n) is 15.1. The lowest BCUT2D eigenvalue weighted by molar-refractivity contribution is 0.878. The highest BCUT2D eigenvalue weighted by molar-refractivity contribution is 8.00. The summed E-state index contributed by atoms with van der Waals surface area (Å²) in [5, 5.41) is 19.0. The highest BCUT2D eigenvalue weighted by Crippen LogP contribution is 2.31. The molecule has 0 saturated heterocycles. The Hall–Kier alpha value is -3.36. The van der Waals surface area contributed by atoms with Gasteiger partial charge in [0.15, 0.2) is 11.0 Å². The molecule has 0 fully saturated rings. The summed E-state index contributed by atoms with van der Waals surface area (Å²) in [7, 11) is 0. The van der Waals surface area contributed by atoms with Crippen LogP contribution in [0, 0.1) is 11.3 Å². The Morgan fingerprint density at radius 2 is 1.43 bits per heavy atom. The Morgan fingerprint density at radius 1 is 0.821 bits per heavy atom. The lowest BCUT2D eigenvalue weighted by atomic mass is 10.1. The molecule has 0 amide bonds. The van der Waals surface area contributed by atoms with Crippen molar-refractivity contribution in [1.29, 1.82) is 5.26 Å². The van der Waals surface area contributed by atoms with Gasteiger partial charge in [0, 0.05) is 11.3 Å². The van der Waals surface area contributed by atoms with E-state index in [0.29, 0.717) is 11.6 Å². The second-order valence-corrected chi connectivity index (χ2v) is 7.44. The number of hydrogen-bond donors (Lipinski definition) is 0. The molecule has 4 rings (SSSR count). The second-order valence-electron chi connectivity index (χ2n) is 6.27. The topological polar surface area (TPSA) is 54.5 Å². The van der Waals surface area contributed by atoms with Crippen LogP contribution in [0.5, 0.6) is 0 Å². The molecule has 0 spiro atoms. The average molecular weight is 382 g/mol. The minimum absolute atomic E-state index is 0.252. The number of aromatic nitrogens is 3. The van der Waals surface area contributed by atoms with E-state index >= 15 is 0 Å². The fourth-order valence-corrected chi connectivity index (χ4v) is 3.97. The van der Waals surface area contributed by atoms with Gasteiger partial charge in [-0.05, 0) is 24.1 Å². The van der Waals surface area contributed by atoms with Crippen LogP contribution in [-0.4, -0.2) is 20.0 Å². The van der Waals surface area contributed by atoms with E-state index in [4.69, 9.17) is 0 Å². The Morgan fingerprint density at radius 3 is 2.07 bits per heavy atom. The number of thioether (sulfide) groups is 1. The first kappa shape index (κ1) is 18.0. The third-order valence-corrected chi connectivity index (χ3v) is 5.37. The van der Waals surface area contributed by atoms with Crippen LogP contribution in [-0.2, 0) is 6.42 Å². The molecular weight excluding hydrogens is 364 g/mol. The number of para-hydroxylation sites is 1. The molecule has 0 saturated carbocycles. The molecule has 28 heavy (non-hydrogen) atoms. The van der Waals surface area contributed by atoms with Gasteiger partial charge in [0.05, 0.1) is 6.07 Å². The summed E-state index contributed by atoms with van der Waals surface area (Å²) < 4.78 is 2.02. The zero-order valence-corrected chi connectivity index (χ0v) is 16.0. The molecule has 4 nitrogen and oxygen atoms in total. The highest BCUT2D eigenvalue weighted by Gasteiger charge is 2.20. The maximum Gasteiger partial charge on any atom is 0.197 e. The Bertz CT molecular complexity index is 1070. The molecule has 0 aliphatic carbocycles. The number of nitriles is 1. The Balaban J connectivity index is 1.71. The van der Waals surface area contributed by atoms with E-state index in [9.17, 15) is 5.26 Å². The maximum atomic E-state index is 9.71. The molecule has 0 unspecified atom stereocenters. The van der Waals surface area contributed by atoms with Crippen LogP contribution in [0.3, 0.4) is 0 Å². The fourth-order valence-electron chi connectivity index (χ4n) is 3.00. The smallest absolute Gasteiger partial charge is 0.197 e. The van der Waals surface area contributed by atoms with Crippen LogP contribution in [0.1, 0.15) is 5.56 Å². The van der Waals surface area contributed by atoms with Crippen molar-refractivity contribution in [2.45, 2.75) is 16.8 Å². The minimum atomic E-state index is -0.252. The molecular formula is C23H18N4S. The van der Waals surface area contributed by atoms with E-state index in [1.807, 2.05) is 95.6 Å². The number of benzene rings is 3. The molecule has 1 heterocycles. The second kappa shape index (κ2) is 8.55. The molecule has 3 aromatic carbocycles. The fraction of sp³-hybridized carbons (Fsp3) is 0.0870. The van der Waals surface area contributed by atoms with Crippen LogP contribution < -0.4 is 0 Å². The van der Waals surface area contributed by atoms with Gasteiger partial charge in [-0.15, -0.1) is 10.2 Å². The zero-order chi connectivity index (χ0) is 19.2. The number of hydrogen-bond acceptors (Lipinski definition) is 4. The summed E-state index contributed by atoms with van der Waals surface area (Å²) >= 11 is 1.45. The van der Waals surface area contributed by atoms with Gasteiger partial charge >= 0.3 is 0 Å². The lowest BCUT2D eigenvalue weighted by Gasteiger charge is -2.12. The first-order valence-corrected chi connectivity index (χ1v) is 9.89. The molecule has 1 atom stereocenters. The van der Waals surface area contributed by atoms with Crippen molar-refractivity contribution in [2.75, 3.05) is 0 Å². The summed E-state index contributed by atoms with van der Waals surface area (Å²) in [5.74, 6) is 0.769. The molecule has 1 aromatic heterocycles. The number of rotatable bonds is 6. The molecule has 0 N–H and O–H groups in total. The first-order valence-electron chi connectivity index (χ1n) is 9.01. The minimum Gasteiger partial charge on any atom is -0.270 e. The van der Waals surface area contributed by atoms with Crippen molar-refractivity contribution in [2.24, 2.45) is 0 Å². The van der Waals surface area contributed by atoms with Crippen molar-refractivity contribution < 1.29 is 0 Å². The maximum absolute atomic E-state index is 9.71. The predicted octanol–water partition coefficient (Wildman–Crippen LogP) is 5.16. The van der Waals surface area contributed by atoms with Crippen molar-refractivity contribution in [3.05, 3.63) is 96.6 Å². The largest absolute Gasteiger partial charge is 0.270 e. The van der Waals surface area contributed by atoms with Crippen molar-refractivity contribution >= 4 is 11.8 Å². The molecule has 0 aliphatic rings. The van der Waals surface area contributed by atoms with E-state index in [-0.39, 0.29) is 5.25 Å². The normalized spacial score (nSPS) is 11.7. The predicted molar refractivity (Wildman–Crippen MR) is 112 cm³/mol. The standard InChI is InChI=1S/C23H18N4S/c24-17-21(16-18-10-4-1-5-11-18)28-23-26-25-22(19-12-6-2-7-13-19)27(23)20-14-8-3-9-15-20/h1-15,21H,16H2/t21-/m1/s1. The third kappa shape index (κ3) is 3.98. The van der Waals surface area contributed by atoms with Gasteiger partial charge in [-0.2, -0.15) is 5.26 Å². The van der Waals surface area contributed by atoms with Crippen LogP contribution in [0.2, 0.25) is 0 Å². The van der Waals surface area contributed by atoms with Crippen LogP contribution in [0.4, 0.5) is 0 Å². The van der Waals surface area contributed by atoms with Gasteiger partial charge in [-0.1, -0.05) is 90.6 Å². The molecule has 0 bridgehead atoms. The van der Waals surface area contributed by atoms with Gasteiger partial charge in [0.1, 0.15) is 5.25 Å². The third-order valence-electron chi connectivity index (χ3n) is 4.34. The summed E-state index contributed by atoms with van der Waals surface area (Å²) in [6, 6.07) is 32.5. The first-order chi connectivity index (χ1) is 13.8. The highest BCUT2D eigenvalue weighted by atomic mass is 32.2. The molecule has 0 radical (unpaired) electrons. The Labute approximate surface area is 168 Å². The van der Waals surface area contributed by atoms with Gasteiger partial charge in [0.25, 0.3) is 0 Å². The van der Waals surface area contributed by atoms with Gasteiger partial charge in [-0.25, -0.2) is 0 Å². The van der Waals surface area contributed by atoms with Crippen molar-refractivity contribution in [3.63, 3.8) is 0 Å². The lowest BCUT2D eigenvalue weighted by Crippen LogP contribution is -2.07. The molecule has 0 aliphatic heterocycles. The van der Waals surface area contributed by atoms with E-state index < -0.39 is 0 Å². The number of nitrogens with zero attached hydrogens (tertiary/aromatic N) is 4. The van der Waals surface area contributed by atoms with Crippen molar-refractivity contribution in [1.82, 2.24) is 14.8 Å². The quantitative estimate of drug-likeness (QED) is 0.432. The van der Waals surface area contributed by atoms with E-state index in [2.05, 4.69) is 16.3 Å². The van der Waals surface area contributed by atoms with Crippen molar-refractivity contribution in [3.8, 4) is 23.1 Å². The average Bonchev–Trinajstić information content (AvgIpc) is 3.19. The summed E-state index contributed by atoms with van der Waals surface area (Å²) in [6.45, 7) is 0. The van der Waals surface area contributed by atoms with Crippen LogP contribution in [0.15, 0.2) is 96.2 Å². The van der Waals surface area contributed by atoms with E-state index in [1.165, 1.54) is 11.8 Å². The molecule has 4 aromatic rings. The molecule has 5 heteroatoms.